The Morgan fingerprint density at radius 2 is 2.00 bits per heavy atom. The second kappa shape index (κ2) is 6.76. The van der Waals surface area contributed by atoms with Crippen molar-refractivity contribution in [2.45, 2.75) is 32.2 Å². The van der Waals surface area contributed by atoms with Crippen molar-refractivity contribution >= 4 is 17.3 Å². The Balaban J connectivity index is 1.68. The van der Waals surface area contributed by atoms with Crippen molar-refractivity contribution in [1.82, 2.24) is 0 Å². The van der Waals surface area contributed by atoms with Gasteiger partial charge in [-0.25, -0.2) is 0 Å². The molecule has 0 aromatic heterocycles. The number of nitrogens with one attached hydrogen (secondary N) is 1. The minimum atomic E-state index is 0.239. The van der Waals surface area contributed by atoms with Crippen molar-refractivity contribution in [2.75, 3.05) is 11.9 Å². The molecule has 0 amide bonds. The average Bonchev–Trinajstić information content (AvgIpc) is 3.10. The van der Waals surface area contributed by atoms with Crippen molar-refractivity contribution in [3.05, 3.63) is 70.8 Å². The molecule has 1 aliphatic heterocycles. The molecule has 130 valence electrons. The van der Waals surface area contributed by atoms with Gasteiger partial charge < -0.3 is 10.1 Å². The van der Waals surface area contributed by atoms with Crippen molar-refractivity contribution in [1.29, 1.82) is 0 Å². The van der Waals surface area contributed by atoms with Crippen LogP contribution in [-0.2, 0) is 0 Å². The maximum Gasteiger partial charge on any atom is 0.119 e. The lowest BCUT2D eigenvalue weighted by atomic mass is 9.77. The Bertz CT molecular complexity index is 798. The van der Waals surface area contributed by atoms with Crippen LogP contribution in [0.4, 0.5) is 5.69 Å². The van der Waals surface area contributed by atoms with Crippen molar-refractivity contribution in [3.8, 4) is 5.75 Å². The molecule has 3 atom stereocenters. The fourth-order valence-electron chi connectivity index (χ4n) is 3.96. The molecule has 2 aliphatic rings. The van der Waals surface area contributed by atoms with Gasteiger partial charge in [-0.3, -0.25) is 0 Å². The molecule has 3 unspecified atom stereocenters. The molecule has 1 N–H and O–H groups in total. The first-order valence-corrected chi connectivity index (χ1v) is 9.45. The third-order valence-corrected chi connectivity index (χ3v) is 5.50. The summed E-state index contributed by atoms with van der Waals surface area (Å²) in [4.78, 5) is 0. The van der Waals surface area contributed by atoms with Gasteiger partial charge in [0, 0.05) is 16.6 Å². The van der Waals surface area contributed by atoms with Crippen LogP contribution >= 0.6 is 11.6 Å². The molecule has 1 aliphatic carbocycles. The second-order valence-corrected chi connectivity index (χ2v) is 7.86. The zero-order valence-electron chi connectivity index (χ0n) is 14.7. The Morgan fingerprint density at radius 3 is 2.80 bits per heavy atom. The molecular formula is C22H24ClNO. The van der Waals surface area contributed by atoms with Gasteiger partial charge in [-0.1, -0.05) is 55.8 Å². The molecule has 1 heterocycles. The van der Waals surface area contributed by atoms with Crippen LogP contribution in [0, 0.1) is 11.8 Å². The predicted molar refractivity (Wildman–Crippen MR) is 105 cm³/mol. The van der Waals surface area contributed by atoms with E-state index >= 15 is 0 Å². The van der Waals surface area contributed by atoms with E-state index in [2.05, 4.69) is 61.6 Å². The largest absolute Gasteiger partial charge is 0.493 e. The number of rotatable bonds is 4. The van der Waals surface area contributed by atoms with Crippen LogP contribution in [0.5, 0.6) is 5.75 Å². The van der Waals surface area contributed by atoms with E-state index < -0.39 is 0 Å². The van der Waals surface area contributed by atoms with E-state index in [1.165, 1.54) is 16.8 Å². The molecule has 4 rings (SSSR count). The van der Waals surface area contributed by atoms with Gasteiger partial charge in [-0.15, -0.1) is 0 Å². The van der Waals surface area contributed by atoms with E-state index in [0.717, 1.165) is 23.8 Å². The van der Waals surface area contributed by atoms with Gasteiger partial charge in [0.05, 0.1) is 12.6 Å². The monoisotopic (exact) mass is 353 g/mol. The van der Waals surface area contributed by atoms with E-state index in [0.29, 0.717) is 17.8 Å². The maximum absolute atomic E-state index is 6.49. The summed E-state index contributed by atoms with van der Waals surface area (Å²) in [6.07, 6.45) is 5.72. The van der Waals surface area contributed by atoms with Crippen LogP contribution in [0.3, 0.4) is 0 Å². The standard InChI is InChI=1S/C22H24ClNO/c1-14(2)13-25-15-10-11-21-19(12-15)16-7-5-8-17(16)22(24-21)18-6-3-4-9-20(18)23/h3-7,9-12,14,16-17,22,24H,8,13H2,1-2H3. The fraction of sp³-hybridized carbons (Fsp3) is 0.364. The van der Waals surface area contributed by atoms with Crippen LogP contribution in [0.2, 0.25) is 5.02 Å². The number of hydrogen-bond donors (Lipinski definition) is 1. The first-order valence-electron chi connectivity index (χ1n) is 9.08. The molecule has 0 saturated carbocycles. The summed E-state index contributed by atoms with van der Waals surface area (Å²) in [6.45, 7) is 5.09. The molecular weight excluding hydrogens is 330 g/mol. The summed E-state index contributed by atoms with van der Waals surface area (Å²) in [6, 6.07) is 14.8. The molecule has 2 aromatic carbocycles. The lowest BCUT2D eigenvalue weighted by Gasteiger charge is -2.38. The number of halogens is 1. The number of anilines is 1. The molecule has 2 nitrogen and oxygen atoms in total. The zero-order valence-corrected chi connectivity index (χ0v) is 15.5. The normalized spacial score (nSPS) is 23.9. The SMILES string of the molecule is CC(C)COc1ccc2c(c1)C1C=CCC1C(c1ccccc1Cl)N2. The van der Waals surface area contributed by atoms with Gasteiger partial charge in [0.1, 0.15) is 5.75 Å². The molecule has 0 spiro atoms. The highest BCUT2D eigenvalue weighted by Gasteiger charge is 2.38. The summed E-state index contributed by atoms with van der Waals surface area (Å²) < 4.78 is 5.94. The first kappa shape index (κ1) is 16.5. The van der Waals surface area contributed by atoms with Gasteiger partial charge in [0.25, 0.3) is 0 Å². The molecule has 0 saturated heterocycles. The molecule has 0 radical (unpaired) electrons. The van der Waals surface area contributed by atoms with Crippen LogP contribution in [0.15, 0.2) is 54.6 Å². The predicted octanol–water partition coefficient (Wildman–Crippen LogP) is 6.20. The summed E-state index contributed by atoms with van der Waals surface area (Å²) in [7, 11) is 0. The van der Waals surface area contributed by atoms with Crippen LogP contribution in [-0.4, -0.2) is 6.61 Å². The Hall–Kier alpha value is -1.93. The third-order valence-electron chi connectivity index (χ3n) is 5.16. The first-order chi connectivity index (χ1) is 12.1. The number of allylic oxidation sites excluding steroid dienone is 2. The van der Waals surface area contributed by atoms with Crippen LogP contribution in [0.1, 0.15) is 43.4 Å². The highest BCUT2D eigenvalue weighted by Crippen LogP contribution is 2.51. The quantitative estimate of drug-likeness (QED) is 0.660. The van der Waals surface area contributed by atoms with Crippen molar-refractivity contribution in [2.24, 2.45) is 11.8 Å². The van der Waals surface area contributed by atoms with E-state index in [1.54, 1.807) is 0 Å². The van der Waals surface area contributed by atoms with E-state index in [9.17, 15) is 0 Å². The van der Waals surface area contributed by atoms with Gasteiger partial charge in [0.15, 0.2) is 0 Å². The molecule has 0 fully saturated rings. The maximum atomic E-state index is 6.49. The summed E-state index contributed by atoms with van der Waals surface area (Å²) in [5, 5.41) is 4.58. The van der Waals surface area contributed by atoms with Gasteiger partial charge in [-0.2, -0.15) is 0 Å². The molecule has 25 heavy (non-hydrogen) atoms. The molecule has 3 heteroatoms. The van der Waals surface area contributed by atoms with E-state index in [-0.39, 0.29) is 6.04 Å². The number of benzene rings is 2. The molecule has 0 bridgehead atoms. The minimum Gasteiger partial charge on any atom is -0.493 e. The van der Waals surface area contributed by atoms with Gasteiger partial charge in [0.2, 0.25) is 0 Å². The highest BCUT2D eigenvalue weighted by molar-refractivity contribution is 6.31. The summed E-state index contributed by atoms with van der Waals surface area (Å²) in [5.74, 6) is 2.40. The number of hydrogen-bond acceptors (Lipinski definition) is 2. The van der Waals surface area contributed by atoms with Crippen molar-refractivity contribution < 1.29 is 4.74 Å². The zero-order chi connectivity index (χ0) is 17.4. The van der Waals surface area contributed by atoms with Crippen LogP contribution < -0.4 is 10.1 Å². The minimum absolute atomic E-state index is 0.239. The number of fused-ring (bicyclic) bond motifs is 3. The van der Waals surface area contributed by atoms with Crippen LogP contribution in [0.25, 0.3) is 0 Å². The Kier molecular flexibility index (Phi) is 4.47. The number of ether oxygens (including phenoxy) is 1. The smallest absolute Gasteiger partial charge is 0.119 e. The van der Waals surface area contributed by atoms with E-state index in [1.807, 2.05) is 12.1 Å². The Morgan fingerprint density at radius 1 is 1.16 bits per heavy atom. The topological polar surface area (TPSA) is 21.3 Å². The van der Waals surface area contributed by atoms with Gasteiger partial charge >= 0.3 is 0 Å². The summed E-state index contributed by atoms with van der Waals surface area (Å²) >= 11 is 6.49. The lowest BCUT2D eigenvalue weighted by molar-refractivity contribution is 0.270. The van der Waals surface area contributed by atoms with Crippen molar-refractivity contribution in [3.63, 3.8) is 0 Å². The van der Waals surface area contributed by atoms with Gasteiger partial charge in [-0.05, 0) is 53.6 Å². The van der Waals surface area contributed by atoms with E-state index in [4.69, 9.17) is 16.3 Å². The fourth-order valence-corrected chi connectivity index (χ4v) is 4.21. The Labute approximate surface area is 154 Å². The summed E-state index contributed by atoms with van der Waals surface area (Å²) in [5.41, 5.74) is 3.71. The highest BCUT2D eigenvalue weighted by atomic mass is 35.5. The molecule has 2 aromatic rings. The third kappa shape index (κ3) is 3.16. The average molecular weight is 354 g/mol. The second-order valence-electron chi connectivity index (χ2n) is 7.45. The lowest BCUT2D eigenvalue weighted by Crippen LogP contribution is -2.29.